The van der Waals surface area contributed by atoms with Crippen LogP contribution in [-0.2, 0) is 14.3 Å². The van der Waals surface area contributed by atoms with Gasteiger partial charge >= 0.3 is 0 Å². The third-order valence-electron chi connectivity index (χ3n) is 4.65. The second-order valence-electron chi connectivity index (χ2n) is 6.41. The van der Waals surface area contributed by atoms with Gasteiger partial charge in [0.1, 0.15) is 11.9 Å². The molecule has 3 N–H and O–H groups in total. The third-order valence-corrected chi connectivity index (χ3v) is 4.65. The van der Waals surface area contributed by atoms with Gasteiger partial charge in [0, 0.05) is 31.3 Å². The molecule has 0 unspecified atom stereocenters. The normalized spacial score (nSPS) is 24.5. The van der Waals surface area contributed by atoms with Crippen LogP contribution >= 0.6 is 0 Å². The number of hydrogen-bond acceptors (Lipinski definition) is 5. The van der Waals surface area contributed by atoms with Gasteiger partial charge < -0.3 is 25.3 Å². The molecule has 7 heteroatoms. The Labute approximate surface area is 146 Å². The molecule has 2 atom stereocenters. The van der Waals surface area contributed by atoms with Crippen LogP contribution in [0, 0.1) is 5.92 Å². The molecule has 0 aromatic heterocycles. The molecule has 136 valence electrons. The van der Waals surface area contributed by atoms with Crippen LogP contribution in [0.5, 0.6) is 5.75 Å². The molecule has 0 bridgehead atoms. The number of rotatable bonds is 5. The van der Waals surface area contributed by atoms with Crippen LogP contribution in [-0.4, -0.2) is 50.4 Å². The molecule has 3 rings (SSSR count). The van der Waals surface area contributed by atoms with Crippen molar-refractivity contribution < 1.29 is 23.8 Å². The first kappa shape index (κ1) is 17.7. The van der Waals surface area contributed by atoms with Crippen LogP contribution in [0.15, 0.2) is 24.3 Å². The Morgan fingerprint density at radius 1 is 1.04 bits per heavy atom. The molecule has 2 heterocycles. The average Bonchev–Trinajstić information content (AvgIpc) is 2.64. The van der Waals surface area contributed by atoms with Crippen LogP contribution < -0.4 is 15.8 Å². The fourth-order valence-electron chi connectivity index (χ4n) is 3.13. The van der Waals surface area contributed by atoms with Crippen molar-refractivity contribution in [3.8, 4) is 5.75 Å². The third kappa shape index (κ3) is 4.70. The number of carbonyl (C=O) groups excluding carboxylic acids is 2. The Bertz CT molecular complexity index is 598. The van der Waals surface area contributed by atoms with Crippen LogP contribution in [0.4, 0.5) is 0 Å². The fourth-order valence-corrected chi connectivity index (χ4v) is 3.13. The van der Waals surface area contributed by atoms with Gasteiger partial charge in [-0.1, -0.05) is 0 Å². The lowest BCUT2D eigenvalue weighted by Crippen LogP contribution is -2.53. The molecule has 2 fully saturated rings. The summed E-state index contributed by atoms with van der Waals surface area (Å²) in [6.45, 7) is 2.28. The Morgan fingerprint density at radius 3 is 2.40 bits per heavy atom. The van der Waals surface area contributed by atoms with E-state index in [9.17, 15) is 9.59 Å². The van der Waals surface area contributed by atoms with E-state index in [2.05, 4.69) is 5.32 Å². The van der Waals surface area contributed by atoms with E-state index in [0.29, 0.717) is 44.2 Å². The number of hydrogen-bond donors (Lipinski definition) is 2. The summed E-state index contributed by atoms with van der Waals surface area (Å²) in [5, 5.41) is 3.11. The van der Waals surface area contributed by atoms with Gasteiger partial charge in [0.15, 0.2) is 0 Å². The smallest absolute Gasteiger partial charge is 0.248 e. The predicted octanol–water partition coefficient (Wildman–Crippen LogP) is 0.865. The van der Waals surface area contributed by atoms with Gasteiger partial charge in [-0.2, -0.15) is 0 Å². The van der Waals surface area contributed by atoms with Gasteiger partial charge in [-0.25, -0.2) is 0 Å². The number of ether oxygens (including phenoxy) is 3. The van der Waals surface area contributed by atoms with Gasteiger partial charge in [0.2, 0.25) is 11.8 Å². The zero-order valence-corrected chi connectivity index (χ0v) is 14.1. The van der Waals surface area contributed by atoms with Crippen molar-refractivity contribution in [2.75, 3.05) is 26.4 Å². The number of nitrogens with one attached hydrogen (secondary N) is 1. The van der Waals surface area contributed by atoms with E-state index in [-0.39, 0.29) is 24.0 Å². The number of carbonyl (C=O) groups is 2. The van der Waals surface area contributed by atoms with Crippen molar-refractivity contribution in [1.29, 1.82) is 0 Å². The van der Waals surface area contributed by atoms with E-state index >= 15 is 0 Å². The zero-order valence-electron chi connectivity index (χ0n) is 14.1. The molecular formula is C18H24N2O5. The summed E-state index contributed by atoms with van der Waals surface area (Å²) in [5.74, 6) is 0.208. The first-order chi connectivity index (χ1) is 12.1. The van der Waals surface area contributed by atoms with Crippen molar-refractivity contribution >= 4 is 11.8 Å². The van der Waals surface area contributed by atoms with E-state index < -0.39 is 5.91 Å². The quantitative estimate of drug-likeness (QED) is 0.822. The van der Waals surface area contributed by atoms with Crippen LogP contribution in [0.1, 0.15) is 29.6 Å². The molecule has 0 aliphatic carbocycles. The molecule has 7 nitrogen and oxygen atoms in total. The Morgan fingerprint density at radius 2 is 1.72 bits per heavy atom. The summed E-state index contributed by atoms with van der Waals surface area (Å²) < 4.78 is 16.8. The summed E-state index contributed by atoms with van der Waals surface area (Å²) in [5.41, 5.74) is 5.67. The SMILES string of the molecule is NC(=O)c1ccc(O[C@@H]2COCC[C@H]2NC(=O)C2CCOCC2)cc1. The molecule has 2 aliphatic rings. The van der Waals surface area contributed by atoms with Gasteiger partial charge in [-0.05, 0) is 43.5 Å². The lowest BCUT2D eigenvalue weighted by atomic mass is 9.97. The van der Waals surface area contributed by atoms with Gasteiger partial charge in [-0.15, -0.1) is 0 Å². The molecule has 0 spiro atoms. The first-order valence-corrected chi connectivity index (χ1v) is 8.66. The molecule has 2 saturated heterocycles. The van der Waals surface area contributed by atoms with Gasteiger partial charge in [-0.3, -0.25) is 9.59 Å². The highest BCUT2D eigenvalue weighted by molar-refractivity contribution is 5.92. The lowest BCUT2D eigenvalue weighted by molar-refractivity contribution is -0.130. The standard InChI is InChI=1S/C18H24N2O5/c19-17(21)12-1-3-14(4-2-12)25-16-11-24-10-7-15(16)20-18(22)13-5-8-23-9-6-13/h1-4,13,15-16H,5-11H2,(H2,19,21)(H,20,22)/t15-,16-/m1/s1. The summed E-state index contributed by atoms with van der Waals surface area (Å²) in [6.07, 6.45) is 1.96. The fraction of sp³-hybridized carbons (Fsp3) is 0.556. The largest absolute Gasteiger partial charge is 0.486 e. The van der Waals surface area contributed by atoms with Gasteiger partial charge in [0.05, 0.1) is 12.6 Å². The van der Waals surface area contributed by atoms with Crippen LogP contribution in [0.3, 0.4) is 0 Å². The topological polar surface area (TPSA) is 99.9 Å². The summed E-state index contributed by atoms with van der Waals surface area (Å²) in [4.78, 5) is 23.6. The number of nitrogens with two attached hydrogens (primary N) is 1. The Kier molecular flexibility index (Phi) is 5.88. The van der Waals surface area contributed by atoms with Gasteiger partial charge in [0.25, 0.3) is 0 Å². The minimum atomic E-state index is -0.478. The Balaban J connectivity index is 1.60. The highest BCUT2D eigenvalue weighted by Gasteiger charge is 2.31. The monoisotopic (exact) mass is 348 g/mol. The number of amides is 2. The highest BCUT2D eigenvalue weighted by Crippen LogP contribution is 2.20. The summed E-state index contributed by atoms with van der Waals surface area (Å²) in [6, 6.07) is 6.55. The maximum Gasteiger partial charge on any atom is 0.248 e. The highest BCUT2D eigenvalue weighted by atomic mass is 16.5. The minimum absolute atomic E-state index is 0.00657. The molecule has 25 heavy (non-hydrogen) atoms. The van der Waals surface area contributed by atoms with Crippen molar-refractivity contribution in [2.24, 2.45) is 11.7 Å². The van der Waals surface area contributed by atoms with Crippen LogP contribution in [0.2, 0.25) is 0 Å². The maximum atomic E-state index is 12.5. The second kappa shape index (κ2) is 8.31. The molecular weight excluding hydrogens is 324 g/mol. The van der Waals surface area contributed by atoms with E-state index in [1.807, 2.05) is 0 Å². The number of primary amides is 1. The lowest BCUT2D eigenvalue weighted by Gasteiger charge is -2.33. The molecule has 2 amide bonds. The van der Waals surface area contributed by atoms with E-state index in [0.717, 1.165) is 12.8 Å². The van der Waals surface area contributed by atoms with Crippen molar-refractivity contribution in [2.45, 2.75) is 31.4 Å². The average molecular weight is 348 g/mol. The van der Waals surface area contributed by atoms with E-state index in [1.165, 1.54) is 0 Å². The van der Waals surface area contributed by atoms with Crippen molar-refractivity contribution in [1.82, 2.24) is 5.32 Å². The second-order valence-corrected chi connectivity index (χ2v) is 6.41. The van der Waals surface area contributed by atoms with Crippen LogP contribution in [0.25, 0.3) is 0 Å². The van der Waals surface area contributed by atoms with Crippen molar-refractivity contribution in [3.05, 3.63) is 29.8 Å². The molecule has 1 aromatic rings. The molecule has 1 aromatic carbocycles. The maximum absolute atomic E-state index is 12.5. The van der Waals surface area contributed by atoms with E-state index in [1.54, 1.807) is 24.3 Å². The van der Waals surface area contributed by atoms with E-state index in [4.69, 9.17) is 19.9 Å². The molecule has 0 radical (unpaired) electrons. The molecule has 2 aliphatic heterocycles. The summed E-state index contributed by atoms with van der Waals surface area (Å²) in [7, 11) is 0. The number of benzene rings is 1. The Hall–Kier alpha value is -2.12. The minimum Gasteiger partial charge on any atom is -0.486 e. The summed E-state index contributed by atoms with van der Waals surface area (Å²) >= 11 is 0. The molecule has 0 saturated carbocycles. The predicted molar refractivity (Wildman–Crippen MR) is 90.3 cm³/mol. The zero-order chi connectivity index (χ0) is 17.6. The first-order valence-electron chi connectivity index (χ1n) is 8.66. The van der Waals surface area contributed by atoms with Crippen molar-refractivity contribution in [3.63, 3.8) is 0 Å².